The first-order valence-corrected chi connectivity index (χ1v) is 13.0. The van der Waals surface area contributed by atoms with E-state index in [0.29, 0.717) is 38.0 Å². The van der Waals surface area contributed by atoms with Gasteiger partial charge in [0.05, 0.1) is 35.6 Å². The lowest BCUT2D eigenvalue weighted by Gasteiger charge is -2.31. The highest BCUT2D eigenvalue weighted by Gasteiger charge is 2.28. The van der Waals surface area contributed by atoms with Gasteiger partial charge in [-0.3, -0.25) is 0 Å². The van der Waals surface area contributed by atoms with Crippen LogP contribution in [0.15, 0.2) is 23.1 Å². The van der Waals surface area contributed by atoms with Crippen LogP contribution in [0.4, 0.5) is 11.4 Å². The Balaban J connectivity index is 1.54. The maximum atomic E-state index is 13.2. The summed E-state index contributed by atoms with van der Waals surface area (Å²) < 4.78 is 38.8. The minimum atomic E-state index is -3.58. The van der Waals surface area contributed by atoms with Crippen molar-refractivity contribution in [3.8, 4) is 0 Å². The molecule has 1 aromatic rings. The van der Waals surface area contributed by atoms with Crippen molar-refractivity contribution < 1.29 is 17.9 Å². The van der Waals surface area contributed by atoms with Crippen LogP contribution in [0.2, 0.25) is 0 Å². The predicted octanol–water partition coefficient (Wildman–Crippen LogP) is 2.16. The number of sulfonamides is 1. The molecule has 1 atom stereocenters. The van der Waals surface area contributed by atoms with Crippen LogP contribution in [0.3, 0.4) is 0 Å². The lowest BCUT2D eigenvalue weighted by Crippen LogP contribution is -2.40. The van der Waals surface area contributed by atoms with Gasteiger partial charge >= 0.3 is 0 Å². The highest BCUT2D eigenvalue weighted by molar-refractivity contribution is 7.89. The first-order chi connectivity index (χ1) is 15.0. The van der Waals surface area contributed by atoms with Gasteiger partial charge < -0.3 is 25.0 Å². The number of nitrogens with one attached hydrogen (secondary N) is 2. The van der Waals surface area contributed by atoms with Crippen LogP contribution >= 0.6 is 12.2 Å². The Bertz CT molecular complexity index is 862. The molecule has 0 bridgehead atoms. The second-order valence-electron chi connectivity index (χ2n) is 8.21. The molecule has 0 aromatic heterocycles. The standard InChI is InChI=1S/C21H32N4O4S2/c26-31(27,25-10-13-28-14-11-25)18-6-7-20(24-8-2-1-3-9-24)19(15-18)23-21(30)22-16-17-5-4-12-29-17/h6-7,15,17H,1-5,8-14,16H2,(H2,22,23,30)/t17-/m1/s1. The Labute approximate surface area is 190 Å². The minimum absolute atomic E-state index is 0.175. The molecule has 2 N–H and O–H groups in total. The predicted molar refractivity (Wildman–Crippen MR) is 125 cm³/mol. The summed E-state index contributed by atoms with van der Waals surface area (Å²) >= 11 is 5.52. The molecule has 3 aliphatic heterocycles. The van der Waals surface area contributed by atoms with Crippen LogP contribution in [-0.4, -0.2) is 76.5 Å². The van der Waals surface area contributed by atoms with Crippen molar-refractivity contribution in [3.63, 3.8) is 0 Å². The smallest absolute Gasteiger partial charge is 0.243 e. The Hall–Kier alpha value is -1.46. The van der Waals surface area contributed by atoms with Crippen molar-refractivity contribution in [1.29, 1.82) is 0 Å². The number of ether oxygens (including phenoxy) is 2. The zero-order valence-electron chi connectivity index (χ0n) is 17.8. The number of nitrogens with zero attached hydrogens (tertiary/aromatic N) is 2. The van der Waals surface area contributed by atoms with E-state index in [2.05, 4.69) is 15.5 Å². The van der Waals surface area contributed by atoms with Gasteiger partial charge in [-0.1, -0.05) is 0 Å². The molecular weight excluding hydrogens is 436 g/mol. The van der Waals surface area contributed by atoms with Gasteiger partial charge in [0, 0.05) is 39.3 Å². The summed E-state index contributed by atoms with van der Waals surface area (Å²) in [6.45, 7) is 4.96. The van der Waals surface area contributed by atoms with E-state index in [1.807, 2.05) is 6.07 Å². The molecule has 3 fully saturated rings. The Morgan fingerprint density at radius 2 is 1.84 bits per heavy atom. The highest BCUT2D eigenvalue weighted by Crippen LogP contribution is 2.32. The quantitative estimate of drug-likeness (QED) is 0.615. The number of benzene rings is 1. The maximum absolute atomic E-state index is 13.2. The van der Waals surface area contributed by atoms with Crippen LogP contribution in [0.25, 0.3) is 0 Å². The lowest BCUT2D eigenvalue weighted by atomic mass is 10.1. The molecule has 0 aliphatic carbocycles. The average molecular weight is 469 g/mol. The molecule has 4 rings (SSSR count). The minimum Gasteiger partial charge on any atom is -0.379 e. The molecule has 31 heavy (non-hydrogen) atoms. The molecule has 3 aliphatic rings. The lowest BCUT2D eigenvalue weighted by molar-refractivity contribution is 0.0730. The molecule has 0 spiro atoms. The third kappa shape index (κ3) is 5.67. The number of thiocarbonyl (C=S) groups is 1. The molecular formula is C21H32N4O4S2. The fourth-order valence-corrected chi connectivity index (χ4v) is 5.93. The van der Waals surface area contributed by atoms with E-state index in [1.165, 1.54) is 10.7 Å². The SMILES string of the molecule is O=S(=O)(c1ccc(N2CCCCC2)c(NC(=S)NC[C@H]2CCCO2)c1)N1CCOCC1. The number of hydrogen-bond acceptors (Lipinski definition) is 6. The summed E-state index contributed by atoms with van der Waals surface area (Å²) in [4.78, 5) is 2.58. The van der Waals surface area contributed by atoms with Gasteiger partial charge in [0.2, 0.25) is 10.0 Å². The van der Waals surface area contributed by atoms with Crippen LogP contribution in [0, 0.1) is 0 Å². The molecule has 8 nitrogen and oxygen atoms in total. The topological polar surface area (TPSA) is 83.1 Å². The first-order valence-electron chi connectivity index (χ1n) is 11.2. The fourth-order valence-electron chi connectivity index (χ4n) is 4.30. The number of hydrogen-bond donors (Lipinski definition) is 2. The van der Waals surface area contributed by atoms with E-state index in [4.69, 9.17) is 21.7 Å². The molecule has 172 valence electrons. The van der Waals surface area contributed by atoms with Gasteiger partial charge in [0.25, 0.3) is 0 Å². The summed E-state index contributed by atoms with van der Waals surface area (Å²) in [5, 5.41) is 6.97. The number of piperidine rings is 1. The normalized spacial score (nSPS) is 23.0. The van der Waals surface area contributed by atoms with Gasteiger partial charge in [-0.2, -0.15) is 4.31 Å². The van der Waals surface area contributed by atoms with Gasteiger partial charge in [-0.25, -0.2) is 8.42 Å². The highest BCUT2D eigenvalue weighted by atomic mass is 32.2. The Kier molecular flexibility index (Phi) is 7.65. The fraction of sp³-hybridized carbons (Fsp3) is 0.667. The zero-order chi connectivity index (χ0) is 21.7. The number of morpholine rings is 1. The van der Waals surface area contributed by atoms with Crippen molar-refractivity contribution in [2.24, 2.45) is 0 Å². The van der Waals surface area contributed by atoms with Gasteiger partial charge in [-0.15, -0.1) is 0 Å². The van der Waals surface area contributed by atoms with Crippen LogP contribution in [-0.2, 0) is 19.5 Å². The molecule has 0 amide bonds. The Morgan fingerprint density at radius 3 is 2.55 bits per heavy atom. The van der Waals surface area contributed by atoms with Crippen molar-refractivity contribution in [2.45, 2.75) is 43.1 Å². The molecule has 3 heterocycles. The third-order valence-corrected chi connectivity index (χ3v) is 8.18. The number of rotatable bonds is 6. The summed E-state index contributed by atoms with van der Waals surface area (Å²) in [5.74, 6) is 0. The summed E-state index contributed by atoms with van der Waals surface area (Å²) in [5.41, 5.74) is 1.71. The van der Waals surface area contributed by atoms with Crippen molar-refractivity contribution in [3.05, 3.63) is 18.2 Å². The molecule has 10 heteroatoms. The zero-order valence-corrected chi connectivity index (χ0v) is 19.5. The largest absolute Gasteiger partial charge is 0.379 e. The maximum Gasteiger partial charge on any atom is 0.243 e. The molecule has 1 aromatic carbocycles. The van der Waals surface area contributed by atoms with E-state index in [0.717, 1.165) is 56.8 Å². The van der Waals surface area contributed by atoms with Crippen molar-refractivity contribution in [1.82, 2.24) is 9.62 Å². The monoisotopic (exact) mass is 468 g/mol. The van der Waals surface area contributed by atoms with E-state index in [9.17, 15) is 8.42 Å². The van der Waals surface area contributed by atoms with E-state index < -0.39 is 10.0 Å². The first kappa shape index (κ1) is 22.7. The van der Waals surface area contributed by atoms with E-state index in [1.54, 1.807) is 12.1 Å². The van der Waals surface area contributed by atoms with Crippen molar-refractivity contribution in [2.75, 3.05) is 62.8 Å². The van der Waals surface area contributed by atoms with Gasteiger partial charge in [-0.05, 0) is 62.5 Å². The summed E-state index contributed by atoms with van der Waals surface area (Å²) in [7, 11) is -3.58. The second kappa shape index (κ2) is 10.4. The van der Waals surface area contributed by atoms with Gasteiger partial charge in [0.15, 0.2) is 5.11 Å². The molecule has 0 unspecified atom stereocenters. The van der Waals surface area contributed by atoms with E-state index in [-0.39, 0.29) is 11.0 Å². The number of anilines is 2. The summed E-state index contributed by atoms with van der Waals surface area (Å²) in [6, 6.07) is 5.33. The molecule has 3 saturated heterocycles. The van der Waals surface area contributed by atoms with Crippen LogP contribution in [0.5, 0.6) is 0 Å². The average Bonchev–Trinajstić information content (AvgIpc) is 3.33. The molecule has 0 radical (unpaired) electrons. The molecule has 0 saturated carbocycles. The van der Waals surface area contributed by atoms with Crippen LogP contribution < -0.4 is 15.5 Å². The Morgan fingerprint density at radius 1 is 1.06 bits per heavy atom. The van der Waals surface area contributed by atoms with Crippen molar-refractivity contribution >= 4 is 38.7 Å². The van der Waals surface area contributed by atoms with Crippen LogP contribution in [0.1, 0.15) is 32.1 Å². The van der Waals surface area contributed by atoms with Gasteiger partial charge in [0.1, 0.15) is 0 Å². The van der Waals surface area contributed by atoms with E-state index >= 15 is 0 Å². The third-order valence-electron chi connectivity index (χ3n) is 6.04. The second-order valence-corrected chi connectivity index (χ2v) is 10.6. The summed E-state index contributed by atoms with van der Waals surface area (Å²) in [6.07, 6.45) is 5.78.